The minimum atomic E-state index is -0.970. The smallest absolute Gasteiger partial charge is 0.310 e. The lowest BCUT2D eigenvalue weighted by Crippen LogP contribution is -2.34. The number of anilines is 1. The Morgan fingerprint density at radius 3 is 2.30 bits per heavy atom. The number of amides is 1. The van der Waals surface area contributed by atoms with Gasteiger partial charge in [-0.05, 0) is 43.9 Å². The molecule has 0 heterocycles. The molecule has 0 saturated heterocycles. The molecule has 1 amide bonds. The molecule has 0 bridgehead atoms. The molecular formula is C16H23NO3. The molecule has 0 aromatic heterocycles. The van der Waals surface area contributed by atoms with E-state index >= 15 is 0 Å². The van der Waals surface area contributed by atoms with Crippen LogP contribution in [0.2, 0.25) is 0 Å². The van der Waals surface area contributed by atoms with Crippen LogP contribution in [0.25, 0.3) is 0 Å². The van der Waals surface area contributed by atoms with Crippen LogP contribution in [0, 0.1) is 19.3 Å². The van der Waals surface area contributed by atoms with E-state index in [2.05, 4.69) is 5.32 Å². The molecule has 4 nitrogen and oxygen atoms in total. The molecule has 0 fully saturated rings. The average molecular weight is 277 g/mol. The van der Waals surface area contributed by atoms with E-state index in [0.717, 1.165) is 16.8 Å². The molecule has 0 aliphatic rings. The van der Waals surface area contributed by atoms with E-state index in [1.807, 2.05) is 45.9 Å². The van der Waals surface area contributed by atoms with Gasteiger partial charge in [0.15, 0.2) is 0 Å². The summed E-state index contributed by atoms with van der Waals surface area (Å²) in [5.74, 6) is -1.15. The van der Waals surface area contributed by atoms with Crippen molar-refractivity contribution in [3.05, 3.63) is 29.3 Å². The summed E-state index contributed by atoms with van der Waals surface area (Å²) in [6.07, 6.45) is 0.890. The average Bonchev–Trinajstić information content (AvgIpc) is 2.40. The molecule has 0 aliphatic carbocycles. The third-order valence-corrected chi connectivity index (χ3v) is 3.97. The summed E-state index contributed by atoms with van der Waals surface area (Å²) in [7, 11) is 0. The highest BCUT2D eigenvalue weighted by atomic mass is 16.4. The Balaban J connectivity index is 2.86. The maximum atomic E-state index is 12.1. The van der Waals surface area contributed by atoms with Gasteiger partial charge in [-0.1, -0.05) is 26.0 Å². The number of hydrogen-bond donors (Lipinski definition) is 2. The van der Waals surface area contributed by atoms with Crippen molar-refractivity contribution in [2.75, 3.05) is 5.32 Å². The Morgan fingerprint density at radius 2 is 1.80 bits per heavy atom. The zero-order valence-electron chi connectivity index (χ0n) is 12.6. The van der Waals surface area contributed by atoms with Gasteiger partial charge in [-0.2, -0.15) is 0 Å². The largest absolute Gasteiger partial charge is 0.481 e. The molecule has 0 spiro atoms. The highest BCUT2D eigenvalue weighted by Crippen LogP contribution is 2.31. The maximum Gasteiger partial charge on any atom is 0.310 e. The highest BCUT2D eigenvalue weighted by molar-refractivity contribution is 5.94. The summed E-state index contributed by atoms with van der Waals surface area (Å²) in [6, 6.07) is 5.81. The Bertz CT molecular complexity index is 504. The molecule has 4 heteroatoms. The number of benzene rings is 1. The maximum absolute atomic E-state index is 12.1. The van der Waals surface area contributed by atoms with E-state index in [1.54, 1.807) is 0 Å². The van der Waals surface area contributed by atoms with Gasteiger partial charge in [0.1, 0.15) is 0 Å². The summed E-state index contributed by atoms with van der Waals surface area (Å²) >= 11 is 0. The molecule has 20 heavy (non-hydrogen) atoms. The molecule has 110 valence electrons. The van der Waals surface area contributed by atoms with Crippen molar-refractivity contribution in [1.82, 2.24) is 0 Å². The molecule has 1 rings (SSSR count). The van der Waals surface area contributed by atoms with Gasteiger partial charge >= 0.3 is 5.97 Å². The number of carboxylic acids is 1. The van der Waals surface area contributed by atoms with Crippen LogP contribution in [-0.2, 0) is 9.59 Å². The Kier molecular flexibility index (Phi) is 5.31. The van der Waals surface area contributed by atoms with E-state index in [1.165, 1.54) is 0 Å². The van der Waals surface area contributed by atoms with Crippen molar-refractivity contribution in [2.45, 2.75) is 47.0 Å². The van der Waals surface area contributed by atoms with Gasteiger partial charge in [0.2, 0.25) is 5.91 Å². The lowest BCUT2D eigenvalue weighted by Gasteiger charge is -2.26. The lowest BCUT2D eigenvalue weighted by atomic mass is 9.79. The molecule has 1 aromatic carbocycles. The number of nitrogens with one attached hydrogen (secondary N) is 1. The third kappa shape index (κ3) is 3.59. The predicted molar refractivity (Wildman–Crippen MR) is 79.8 cm³/mol. The first-order chi connectivity index (χ1) is 9.34. The van der Waals surface area contributed by atoms with Crippen LogP contribution in [-0.4, -0.2) is 17.0 Å². The van der Waals surface area contributed by atoms with Gasteiger partial charge in [-0.25, -0.2) is 0 Å². The molecule has 0 radical (unpaired) electrons. The summed E-state index contributed by atoms with van der Waals surface area (Å²) < 4.78 is 0. The SMILES string of the molecule is CCC(CC)(CC(=O)Nc1cc(C)ccc1C)C(=O)O. The first-order valence-corrected chi connectivity index (χ1v) is 6.95. The van der Waals surface area contributed by atoms with Gasteiger partial charge in [0.25, 0.3) is 0 Å². The van der Waals surface area contributed by atoms with Crippen LogP contribution in [0.15, 0.2) is 18.2 Å². The van der Waals surface area contributed by atoms with E-state index in [9.17, 15) is 14.7 Å². The second kappa shape index (κ2) is 6.55. The number of aryl methyl sites for hydroxylation is 2. The van der Waals surface area contributed by atoms with E-state index < -0.39 is 11.4 Å². The fourth-order valence-corrected chi connectivity index (χ4v) is 2.25. The van der Waals surface area contributed by atoms with Crippen molar-refractivity contribution in [2.24, 2.45) is 5.41 Å². The van der Waals surface area contributed by atoms with Gasteiger partial charge in [-0.15, -0.1) is 0 Å². The number of carbonyl (C=O) groups excluding carboxylic acids is 1. The monoisotopic (exact) mass is 277 g/mol. The second-order valence-electron chi connectivity index (χ2n) is 5.34. The fraction of sp³-hybridized carbons (Fsp3) is 0.500. The second-order valence-corrected chi connectivity index (χ2v) is 5.34. The Hall–Kier alpha value is -1.84. The highest BCUT2D eigenvalue weighted by Gasteiger charge is 2.37. The van der Waals surface area contributed by atoms with Crippen LogP contribution in [0.5, 0.6) is 0 Å². The van der Waals surface area contributed by atoms with Crippen molar-refractivity contribution < 1.29 is 14.7 Å². The number of hydrogen-bond acceptors (Lipinski definition) is 2. The number of carboxylic acid groups (broad SMARTS) is 1. The fourth-order valence-electron chi connectivity index (χ4n) is 2.25. The van der Waals surface area contributed by atoms with Gasteiger partial charge in [0.05, 0.1) is 5.41 Å². The summed E-state index contributed by atoms with van der Waals surface area (Å²) in [5, 5.41) is 12.2. The summed E-state index contributed by atoms with van der Waals surface area (Å²) in [5.41, 5.74) is 1.81. The van der Waals surface area contributed by atoms with Crippen molar-refractivity contribution in [1.29, 1.82) is 0 Å². The van der Waals surface area contributed by atoms with Crippen molar-refractivity contribution >= 4 is 17.6 Å². The minimum Gasteiger partial charge on any atom is -0.481 e. The number of carbonyl (C=O) groups is 2. The van der Waals surface area contributed by atoms with Crippen LogP contribution in [0.1, 0.15) is 44.2 Å². The van der Waals surface area contributed by atoms with E-state index in [-0.39, 0.29) is 12.3 Å². The van der Waals surface area contributed by atoms with E-state index in [0.29, 0.717) is 12.8 Å². The van der Waals surface area contributed by atoms with Crippen LogP contribution >= 0.6 is 0 Å². The molecule has 0 unspecified atom stereocenters. The quantitative estimate of drug-likeness (QED) is 0.836. The van der Waals surface area contributed by atoms with Crippen molar-refractivity contribution in [3.63, 3.8) is 0 Å². The standard InChI is InChI=1S/C16H23NO3/c1-5-16(6-2,15(19)20)10-14(18)17-13-9-11(3)7-8-12(13)4/h7-9H,5-6,10H2,1-4H3,(H,17,18)(H,19,20). The first-order valence-electron chi connectivity index (χ1n) is 6.95. The molecular weight excluding hydrogens is 254 g/mol. The summed E-state index contributed by atoms with van der Waals surface area (Å²) in [6.45, 7) is 7.49. The predicted octanol–water partition coefficient (Wildman–Crippen LogP) is 3.52. The number of aliphatic carboxylic acids is 1. The minimum absolute atomic E-state index is 0.00269. The Labute approximate surface area is 120 Å². The number of rotatable bonds is 6. The molecule has 1 aromatic rings. The Morgan fingerprint density at radius 1 is 1.20 bits per heavy atom. The molecule has 0 saturated carbocycles. The van der Waals surface area contributed by atoms with E-state index in [4.69, 9.17) is 0 Å². The van der Waals surface area contributed by atoms with Crippen LogP contribution in [0.4, 0.5) is 5.69 Å². The topological polar surface area (TPSA) is 66.4 Å². The summed E-state index contributed by atoms with van der Waals surface area (Å²) in [4.78, 5) is 23.6. The zero-order chi connectivity index (χ0) is 15.3. The van der Waals surface area contributed by atoms with Crippen molar-refractivity contribution in [3.8, 4) is 0 Å². The molecule has 0 aliphatic heterocycles. The van der Waals surface area contributed by atoms with Gasteiger partial charge in [0, 0.05) is 12.1 Å². The van der Waals surface area contributed by atoms with Crippen LogP contribution < -0.4 is 5.32 Å². The third-order valence-electron chi connectivity index (χ3n) is 3.97. The zero-order valence-corrected chi connectivity index (χ0v) is 12.6. The first kappa shape index (κ1) is 16.2. The lowest BCUT2D eigenvalue weighted by molar-refractivity contribution is -0.151. The molecule has 0 atom stereocenters. The van der Waals surface area contributed by atoms with Gasteiger partial charge in [-0.3, -0.25) is 9.59 Å². The molecule has 2 N–H and O–H groups in total. The van der Waals surface area contributed by atoms with Crippen LogP contribution in [0.3, 0.4) is 0 Å². The van der Waals surface area contributed by atoms with Gasteiger partial charge < -0.3 is 10.4 Å². The normalized spacial score (nSPS) is 11.2.